The van der Waals surface area contributed by atoms with E-state index in [4.69, 9.17) is 4.74 Å². The molecule has 0 unspecified atom stereocenters. The number of amides is 1. The highest BCUT2D eigenvalue weighted by atomic mass is 32.1. The van der Waals surface area contributed by atoms with Crippen molar-refractivity contribution in [1.82, 2.24) is 4.90 Å². The minimum absolute atomic E-state index is 0.0884. The third-order valence-electron chi connectivity index (χ3n) is 4.55. The predicted molar refractivity (Wildman–Crippen MR) is 95.1 cm³/mol. The first-order valence-corrected chi connectivity index (χ1v) is 9.19. The zero-order valence-electron chi connectivity index (χ0n) is 13.8. The van der Waals surface area contributed by atoms with Gasteiger partial charge < -0.3 is 14.7 Å². The zero-order valence-corrected chi connectivity index (χ0v) is 14.6. The molecule has 128 valence electrons. The number of aliphatic hydroxyl groups excluding tert-OH is 1. The SMILES string of the molecule is C[C@H](C(=O)N1CCOC[C@H]1C[C@@H](O)c1cccs1)c1ccccc1. The number of thiophene rings is 1. The van der Waals surface area contributed by atoms with Gasteiger partial charge >= 0.3 is 0 Å². The van der Waals surface area contributed by atoms with Crippen molar-refractivity contribution in [2.45, 2.75) is 31.4 Å². The topological polar surface area (TPSA) is 49.8 Å². The van der Waals surface area contributed by atoms with E-state index in [0.717, 1.165) is 10.4 Å². The Labute approximate surface area is 146 Å². The minimum Gasteiger partial charge on any atom is -0.387 e. The number of nitrogens with zero attached hydrogens (tertiary/aromatic N) is 1. The van der Waals surface area contributed by atoms with Gasteiger partial charge in [-0.05, 0) is 23.9 Å². The van der Waals surface area contributed by atoms with Crippen LogP contribution < -0.4 is 0 Å². The van der Waals surface area contributed by atoms with E-state index in [1.807, 2.05) is 59.7 Å². The lowest BCUT2D eigenvalue weighted by atomic mass is 9.97. The monoisotopic (exact) mass is 345 g/mol. The maximum Gasteiger partial charge on any atom is 0.230 e. The number of rotatable bonds is 5. The molecule has 2 heterocycles. The quantitative estimate of drug-likeness (QED) is 0.905. The van der Waals surface area contributed by atoms with Crippen LogP contribution in [0.3, 0.4) is 0 Å². The normalized spacial score (nSPS) is 20.6. The van der Waals surface area contributed by atoms with Gasteiger partial charge in [-0.2, -0.15) is 0 Å². The van der Waals surface area contributed by atoms with Crippen LogP contribution in [-0.2, 0) is 9.53 Å². The molecule has 3 atom stereocenters. The summed E-state index contributed by atoms with van der Waals surface area (Å²) in [5.41, 5.74) is 1.02. The summed E-state index contributed by atoms with van der Waals surface area (Å²) in [4.78, 5) is 15.8. The Kier molecular flexibility index (Phi) is 5.66. The Hall–Kier alpha value is -1.69. The molecule has 0 saturated carbocycles. The van der Waals surface area contributed by atoms with Gasteiger partial charge in [0.15, 0.2) is 0 Å². The smallest absolute Gasteiger partial charge is 0.230 e. The van der Waals surface area contributed by atoms with E-state index in [-0.39, 0.29) is 17.9 Å². The molecule has 0 bridgehead atoms. The zero-order chi connectivity index (χ0) is 16.9. The highest BCUT2D eigenvalue weighted by Crippen LogP contribution is 2.28. The second-order valence-corrected chi connectivity index (χ2v) is 7.14. The van der Waals surface area contributed by atoms with Crippen molar-refractivity contribution in [3.63, 3.8) is 0 Å². The third-order valence-corrected chi connectivity index (χ3v) is 5.52. The number of ether oxygens (including phenoxy) is 1. The maximum absolute atomic E-state index is 13.0. The highest BCUT2D eigenvalue weighted by Gasteiger charge is 2.32. The molecular formula is C19H23NO3S. The average molecular weight is 345 g/mol. The molecule has 24 heavy (non-hydrogen) atoms. The summed E-state index contributed by atoms with van der Waals surface area (Å²) in [5, 5.41) is 12.4. The van der Waals surface area contributed by atoms with Crippen LogP contribution in [0.5, 0.6) is 0 Å². The van der Waals surface area contributed by atoms with Crippen LogP contribution in [-0.4, -0.2) is 41.7 Å². The lowest BCUT2D eigenvalue weighted by Gasteiger charge is -2.38. The van der Waals surface area contributed by atoms with Crippen molar-refractivity contribution in [2.75, 3.05) is 19.8 Å². The maximum atomic E-state index is 13.0. The van der Waals surface area contributed by atoms with Gasteiger partial charge in [-0.15, -0.1) is 11.3 Å². The fraction of sp³-hybridized carbons (Fsp3) is 0.421. The van der Waals surface area contributed by atoms with Gasteiger partial charge in [0.05, 0.1) is 31.3 Å². The van der Waals surface area contributed by atoms with E-state index >= 15 is 0 Å². The van der Waals surface area contributed by atoms with Gasteiger partial charge in [-0.1, -0.05) is 36.4 Å². The number of aliphatic hydroxyl groups is 1. The molecular weight excluding hydrogens is 322 g/mol. The first-order chi connectivity index (χ1) is 11.7. The van der Waals surface area contributed by atoms with E-state index < -0.39 is 6.10 Å². The van der Waals surface area contributed by atoms with E-state index in [2.05, 4.69) is 0 Å². The Morgan fingerprint density at radius 2 is 2.12 bits per heavy atom. The number of carbonyl (C=O) groups excluding carboxylic acids is 1. The molecule has 1 aliphatic heterocycles. The van der Waals surface area contributed by atoms with Crippen LogP contribution in [0.25, 0.3) is 0 Å². The summed E-state index contributed by atoms with van der Waals surface area (Å²) in [6.07, 6.45) is -0.0488. The lowest BCUT2D eigenvalue weighted by Crippen LogP contribution is -2.50. The van der Waals surface area contributed by atoms with Crippen LogP contribution >= 0.6 is 11.3 Å². The Bertz CT molecular complexity index is 644. The van der Waals surface area contributed by atoms with Crippen LogP contribution in [0.1, 0.15) is 35.8 Å². The summed E-state index contributed by atoms with van der Waals surface area (Å²) in [7, 11) is 0. The first kappa shape index (κ1) is 17.1. The van der Waals surface area contributed by atoms with Gasteiger partial charge in [0.2, 0.25) is 5.91 Å². The molecule has 1 saturated heterocycles. The number of carbonyl (C=O) groups is 1. The van der Waals surface area contributed by atoms with E-state index in [1.165, 1.54) is 11.3 Å². The van der Waals surface area contributed by atoms with Gasteiger partial charge in [0.25, 0.3) is 0 Å². The Morgan fingerprint density at radius 3 is 2.83 bits per heavy atom. The Balaban J connectivity index is 1.70. The predicted octanol–water partition coefficient (Wildman–Crippen LogP) is 3.20. The van der Waals surface area contributed by atoms with Gasteiger partial charge in [-0.25, -0.2) is 0 Å². The molecule has 1 fully saturated rings. The fourth-order valence-electron chi connectivity index (χ4n) is 3.13. The van der Waals surface area contributed by atoms with Crippen LogP contribution in [0.4, 0.5) is 0 Å². The average Bonchev–Trinajstić information content (AvgIpc) is 3.16. The molecule has 0 radical (unpaired) electrons. The molecule has 4 nitrogen and oxygen atoms in total. The number of morpholine rings is 1. The molecule has 1 aromatic carbocycles. The third kappa shape index (κ3) is 3.86. The van der Waals surface area contributed by atoms with Crippen molar-refractivity contribution < 1.29 is 14.6 Å². The van der Waals surface area contributed by atoms with Crippen LogP contribution in [0.15, 0.2) is 47.8 Å². The molecule has 0 spiro atoms. The Morgan fingerprint density at radius 1 is 1.33 bits per heavy atom. The molecule has 1 aliphatic rings. The molecule has 2 aromatic rings. The van der Waals surface area contributed by atoms with E-state index in [0.29, 0.717) is 26.2 Å². The van der Waals surface area contributed by atoms with Crippen molar-refractivity contribution in [3.05, 3.63) is 58.3 Å². The van der Waals surface area contributed by atoms with Crippen LogP contribution in [0.2, 0.25) is 0 Å². The molecule has 1 amide bonds. The summed E-state index contributed by atoms with van der Waals surface area (Å²) < 4.78 is 5.56. The van der Waals surface area contributed by atoms with Crippen molar-refractivity contribution in [3.8, 4) is 0 Å². The molecule has 3 rings (SSSR count). The fourth-order valence-corrected chi connectivity index (χ4v) is 3.85. The minimum atomic E-state index is -0.556. The standard InChI is InChI=1S/C19H23NO3S/c1-14(15-6-3-2-4-7-15)19(22)20-9-10-23-13-16(20)12-17(21)18-8-5-11-24-18/h2-8,11,14,16-17,21H,9-10,12-13H2,1H3/t14-,16+,17+/m0/s1. The van der Waals surface area contributed by atoms with Crippen molar-refractivity contribution in [1.29, 1.82) is 0 Å². The van der Waals surface area contributed by atoms with E-state index in [1.54, 1.807) is 0 Å². The molecule has 1 aromatic heterocycles. The molecule has 1 N–H and O–H groups in total. The summed E-state index contributed by atoms with van der Waals surface area (Å²) in [6.45, 7) is 3.56. The van der Waals surface area contributed by atoms with Crippen molar-refractivity contribution in [2.24, 2.45) is 0 Å². The number of hydrogen-bond donors (Lipinski definition) is 1. The number of hydrogen-bond acceptors (Lipinski definition) is 4. The van der Waals surface area contributed by atoms with E-state index in [9.17, 15) is 9.90 Å². The number of benzene rings is 1. The molecule has 5 heteroatoms. The molecule has 0 aliphatic carbocycles. The summed E-state index contributed by atoms with van der Waals surface area (Å²) >= 11 is 1.54. The van der Waals surface area contributed by atoms with Gasteiger partial charge in [-0.3, -0.25) is 4.79 Å². The van der Waals surface area contributed by atoms with Gasteiger partial charge in [0, 0.05) is 17.8 Å². The lowest BCUT2D eigenvalue weighted by molar-refractivity contribution is -0.142. The van der Waals surface area contributed by atoms with Gasteiger partial charge in [0.1, 0.15) is 0 Å². The summed E-state index contributed by atoms with van der Waals surface area (Å²) in [5.74, 6) is -0.0847. The second kappa shape index (κ2) is 7.92. The highest BCUT2D eigenvalue weighted by molar-refractivity contribution is 7.10. The largest absolute Gasteiger partial charge is 0.387 e. The summed E-state index contributed by atoms with van der Waals surface area (Å²) in [6, 6.07) is 13.6. The first-order valence-electron chi connectivity index (χ1n) is 8.31. The van der Waals surface area contributed by atoms with Crippen molar-refractivity contribution >= 4 is 17.2 Å². The second-order valence-electron chi connectivity index (χ2n) is 6.16. The van der Waals surface area contributed by atoms with Crippen LogP contribution in [0, 0.1) is 0 Å².